The molecule has 0 saturated carbocycles. The number of aromatic nitrogens is 2. The number of para-hydroxylation sites is 1. The first-order valence-corrected chi connectivity index (χ1v) is 11.8. The lowest BCUT2D eigenvalue weighted by Crippen LogP contribution is -2.14. The molecule has 0 aliphatic rings. The smallest absolute Gasteiger partial charge is 0.358 e. The average Bonchev–Trinajstić information content (AvgIpc) is 3.31. The van der Waals surface area contributed by atoms with Crippen LogP contribution in [-0.2, 0) is 9.53 Å². The molecule has 0 fully saturated rings. The van der Waals surface area contributed by atoms with Crippen molar-refractivity contribution in [2.75, 3.05) is 11.9 Å². The largest absolute Gasteiger partial charge is 0.461 e. The second-order valence-corrected chi connectivity index (χ2v) is 8.39. The number of aryl methyl sites for hydroxylation is 1. The van der Waals surface area contributed by atoms with E-state index >= 15 is 0 Å². The summed E-state index contributed by atoms with van der Waals surface area (Å²) < 4.78 is 12.1. The highest BCUT2D eigenvalue weighted by Gasteiger charge is 2.19. The molecule has 0 saturated heterocycles. The van der Waals surface area contributed by atoms with E-state index < -0.39 is 11.9 Å². The van der Waals surface area contributed by atoms with E-state index in [4.69, 9.17) is 9.47 Å². The molecule has 1 amide bonds. The van der Waals surface area contributed by atoms with Gasteiger partial charge < -0.3 is 14.8 Å². The minimum Gasteiger partial charge on any atom is -0.461 e. The summed E-state index contributed by atoms with van der Waals surface area (Å²) in [7, 11) is 0. The minimum atomic E-state index is -0.510. The molecule has 8 nitrogen and oxygen atoms in total. The van der Waals surface area contributed by atoms with Crippen LogP contribution in [0.25, 0.3) is 16.9 Å². The Labute approximate surface area is 214 Å². The molecule has 3 aromatic carbocycles. The van der Waals surface area contributed by atoms with Gasteiger partial charge in [0.05, 0.1) is 18.0 Å². The van der Waals surface area contributed by atoms with Crippen molar-refractivity contribution < 1.29 is 23.9 Å². The van der Waals surface area contributed by atoms with Gasteiger partial charge in [-0.2, -0.15) is 5.10 Å². The van der Waals surface area contributed by atoms with Gasteiger partial charge in [0.2, 0.25) is 0 Å². The quantitative estimate of drug-likeness (QED) is 0.267. The lowest BCUT2D eigenvalue weighted by molar-refractivity contribution is -0.131. The van der Waals surface area contributed by atoms with Gasteiger partial charge >= 0.3 is 11.9 Å². The Balaban J connectivity index is 1.70. The highest BCUT2D eigenvalue weighted by molar-refractivity contribution is 6.06. The van der Waals surface area contributed by atoms with Crippen LogP contribution < -0.4 is 10.1 Å². The molecule has 0 spiro atoms. The van der Waals surface area contributed by atoms with Crippen LogP contribution in [0.1, 0.15) is 45.8 Å². The number of anilines is 1. The molecule has 37 heavy (non-hydrogen) atoms. The number of carbonyl (C=O) groups is 3. The van der Waals surface area contributed by atoms with Crippen LogP contribution in [0.5, 0.6) is 5.75 Å². The summed E-state index contributed by atoms with van der Waals surface area (Å²) in [5.41, 5.74) is 4.90. The number of carbonyl (C=O) groups excluding carboxylic acids is 3. The number of esters is 2. The topological polar surface area (TPSA) is 99.5 Å². The molecule has 0 radical (unpaired) electrons. The van der Waals surface area contributed by atoms with Gasteiger partial charge in [0.15, 0.2) is 5.69 Å². The molecule has 4 aromatic rings. The average molecular weight is 498 g/mol. The number of nitrogens with zero attached hydrogens (tertiary/aromatic N) is 2. The number of amides is 1. The number of hydrogen-bond donors (Lipinski definition) is 1. The molecule has 0 unspecified atom stereocenters. The van der Waals surface area contributed by atoms with Crippen molar-refractivity contribution in [1.82, 2.24) is 9.78 Å². The molecule has 4 rings (SSSR count). The number of ether oxygens (including phenoxy) is 2. The molecular weight excluding hydrogens is 470 g/mol. The third-order valence-corrected chi connectivity index (χ3v) is 5.74. The van der Waals surface area contributed by atoms with E-state index in [1.54, 1.807) is 48.9 Å². The molecule has 8 heteroatoms. The third-order valence-electron chi connectivity index (χ3n) is 5.74. The van der Waals surface area contributed by atoms with Gasteiger partial charge in [-0.15, -0.1) is 0 Å². The van der Waals surface area contributed by atoms with Crippen LogP contribution in [0.15, 0.2) is 72.8 Å². The van der Waals surface area contributed by atoms with Crippen LogP contribution in [0.3, 0.4) is 0 Å². The Morgan fingerprint density at radius 1 is 0.946 bits per heavy atom. The van der Waals surface area contributed by atoms with Crippen LogP contribution >= 0.6 is 0 Å². The number of rotatable bonds is 7. The normalized spacial score (nSPS) is 10.6. The summed E-state index contributed by atoms with van der Waals surface area (Å²) in [5, 5.41) is 7.44. The summed E-state index contributed by atoms with van der Waals surface area (Å²) >= 11 is 0. The van der Waals surface area contributed by atoms with Crippen molar-refractivity contribution in [3.63, 3.8) is 0 Å². The Morgan fingerprint density at radius 2 is 1.70 bits per heavy atom. The van der Waals surface area contributed by atoms with Crippen molar-refractivity contribution in [1.29, 1.82) is 0 Å². The van der Waals surface area contributed by atoms with Crippen LogP contribution in [0.2, 0.25) is 0 Å². The molecule has 0 atom stereocenters. The van der Waals surface area contributed by atoms with E-state index in [0.717, 1.165) is 16.8 Å². The molecule has 1 N–H and O–H groups in total. The maximum absolute atomic E-state index is 13.1. The van der Waals surface area contributed by atoms with Crippen molar-refractivity contribution in [3.8, 4) is 22.7 Å². The Hall–Kier alpha value is -4.72. The SMILES string of the molecule is CCOC(=O)c1cc(-c2cccc(NC(=O)c3cccc(OC(C)=O)c3C)c2)n(-c2ccccc2C)n1. The van der Waals surface area contributed by atoms with Crippen molar-refractivity contribution >= 4 is 23.5 Å². The lowest BCUT2D eigenvalue weighted by atomic mass is 10.1. The van der Waals surface area contributed by atoms with Gasteiger partial charge in [-0.05, 0) is 62.7 Å². The Bertz CT molecular complexity index is 1490. The molecule has 1 heterocycles. The van der Waals surface area contributed by atoms with E-state index in [1.165, 1.54) is 6.92 Å². The fourth-order valence-electron chi connectivity index (χ4n) is 3.96. The van der Waals surface area contributed by atoms with E-state index in [0.29, 0.717) is 28.3 Å². The fraction of sp³-hybridized carbons (Fsp3) is 0.172. The van der Waals surface area contributed by atoms with Gasteiger partial charge in [0, 0.05) is 29.3 Å². The van der Waals surface area contributed by atoms with Gasteiger partial charge in [-0.1, -0.05) is 36.4 Å². The van der Waals surface area contributed by atoms with E-state index in [-0.39, 0.29) is 18.2 Å². The Kier molecular flexibility index (Phi) is 7.48. The van der Waals surface area contributed by atoms with E-state index in [2.05, 4.69) is 10.4 Å². The lowest BCUT2D eigenvalue weighted by Gasteiger charge is -2.13. The maximum atomic E-state index is 13.1. The maximum Gasteiger partial charge on any atom is 0.358 e. The zero-order valence-electron chi connectivity index (χ0n) is 21.1. The standard InChI is InChI=1S/C29H27N3O5/c1-5-36-29(35)24-17-26(32(31-24)25-14-7-6-10-18(25)2)21-11-8-12-22(16-21)30-28(34)23-13-9-15-27(19(23)3)37-20(4)33/h6-17H,5H2,1-4H3,(H,30,34). The Morgan fingerprint density at radius 3 is 2.43 bits per heavy atom. The monoisotopic (exact) mass is 497 g/mol. The van der Waals surface area contributed by atoms with Crippen LogP contribution in [0.4, 0.5) is 5.69 Å². The fourth-order valence-corrected chi connectivity index (χ4v) is 3.96. The highest BCUT2D eigenvalue weighted by atomic mass is 16.5. The van der Waals surface area contributed by atoms with Gasteiger partial charge in [0.25, 0.3) is 5.91 Å². The van der Waals surface area contributed by atoms with Crippen molar-refractivity contribution in [2.45, 2.75) is 27.7 Å². The van der Waals surface area contributed by atoms with Crippen molar-refractivity contribution in [3.05, 3.63) is 95.2 Å². The van der Waals surface area contributed by atoms with Crippen LogP contribution in [0, 0.1) is 13.8 Å². The number of hydrogen-bond acceptors (Lipinski definition) is 6. The second kappa shape index (κ2) is 10.9. The van der Waals surface area contributed by atoms with Gasteiger partial charge in [-0.25, -0.2) is 9.48 Å². The first-order valence-electron chi connectivity index (χ1n) is 11.8. The van der Waals surface area contributed by atoms with Crippen LogP contribution in [-0.4, -0.2) is 34.2 Å². The number of benzene rings is 3. The first kappa shape index (κ1) is 25.4. The first-order chi connectivity index (χ1) is 17.8. The molecule has 1 aromatic heterocycles. The summed E-state index contributed by atoms with van der Waals surface area (Å²) in [6.45, 7) is 6.99. The minimum absolute atomic E-state index is 0.187. The zero-order chi connectivity index (χ0) is 26.5. The summed E-state index contributed by atoms with van der Waals surface area (Å²) in [5.74, 6) is -0.977. The summed E-state index contributed by atoms with van der Waals surface area (Å²) in [6, 6.07) is 21.6. The third kappa shape index (κ3) is 5.59. The number of nitrogens with one attached hydrogen (secondary N) is 1. The molecule has 0 aliphatic heterocycles. The van der Waals surface area contributed by atoms with E-state index in [9.17, 15) is 14.4 Å². The van der Waals surface area contributed by atoms with E-state index in [1.807, 2.05) is 49.4 Å². The zero-order valence-corrected chi connectivity index (χ0v) is 21.1. The van der Waals surface area contributed by atoms with Crippen molar-refractivity contribution in [2.24, 2.45) is 0 Å². The van der Waals surface area contributed by atoms with Gasteiger partial charge in [0.1, 0.15) is 5.75 Å². The predicted molar refractivity (Wildman–Crippen MR) is 140 cm³/mol. The predicted octanol–water partition coefficient (Wildman–Crippen LogP) is 5.51. The highest BCUT2D eigenvalue weighted by Crippen LogP contribution is 2.29. The summed E-state index contributed by atoms with van der Waals surface area (Å²) in [6.07, 6.45) is 0. The molecule has 0 aliphatic carbocycles. The molecular formula is C29H27N3O5. The molecule has 0 bridgehead atoms. The van der Waals surface area contributed by atoms with Gasteiger partial charge in [-0.3, -0.25) is 9.59 Å². The molecule has 188 valence electrons. The summed E-state index contributed by atoms with van der Waals surface area (Å²) in [4.78, 5) is 36.9. The second-order valence-electron chi connectivity index (χ2n) is 8.39.